The summed E-state index contributed by atoms with van der Waals surface area (Å²) >= 11 is 0. The third-order valence-corrected chi connectivity index (χ3v) is 4.46. The molecule has 0 aromatic heterocycles. The molecule has 1 heterocycles. The van der Waals surface area contributed by atoms with Crippen molar-refractivity contribution in [3.8, 4) is 5.75 Å². The molecule has 0 fully saturated rings. The second kappa shape index (κ2) is 8.09. The summed E-state index contributed by atoms with van der Waals surface area (Å²) in [5.74, 6) is 0.842. The highest BCUT2D eigenvalue weighted by atomic mass is 16.5. The molecule has 1 amide bonds. The number of fused-ring (bicyclic) bond motifs is 1. The predicted octanol–water partition coefficient (Wildman–Crippen LogP) is 5.01. The van der Waals surface area contributed by atoms with Crippen molar-refractivity contribution in [2.45, 2.75) is 32.9 Å². The van der Waals surface area contributed by atoms with Crippen LogP contribution in [-0.4, -0.2) is 24.0 Å². The van der Waals surface area contributed by atoms with Crippen molar-refractivity contribution in [1.82, 2.24) is 4.90 Å². The number of nitrogens with one attached hydrogen (secondary N) is 1. The number of amides is 1. The number of carbonyl (C=O) groups is 1. The van der Waals surface area contributed by atoms with Crippen LogP contribution in [0.1, 0.15) is 48.8 Å². The molecule has 4 nitrogen and oxygen atoms in total. The van der Waals surface area contributed by atoms with Gasteiger partial charge in [0.05, 0.1) is 5.56 Å². The third kappa shape index (κ3) is 3.74. The molecule has 1 aliphatic heterocycles. The Labute approximate surface area is 155 Å². The molecule has 1 unspecified atom stereocenters. The summed E-state index contributed by atoms with van der Waals surface area (Å²) in [5.41, 5.74) is 3.51. The van der Waals surface area contributed by atoms with Gasteiger partial charge in [-0.05, 0) is 37.1 Å². The van der Waals surface area contributed by atoms with Crippen LogP contribution in [0, 0.1) is 0 Å². The number of benzene rings is 2. The molecular formula is C22H26N2O2. The van der Waals surface area contributed by atoms with E-state index in [1.807, 2.05) is 60.4 Å². The minimum absolute atomic E-state index is 0.0625. The number of hydrogen-bond donors (Lipinski definition) is 1. The van der Waals surface area contributed by atoms with Crippen molar-refractivity contribution in [3.63, 3.8) is 0 Å². The van der Waals surface area contributed by atoms with Gasteiger partial charge in [0.25, 0.3) is 5.91 Å². The Morgan fingerprint density at radius 3 is 2.69 bits per heavy atom. The molecule has 3 rings (SSSR count). The van der Waals surface area contributed by atoms with Gasteiger partial charge in [-0.3, -0.25) is 4.79 Å². The number of carbonyl (C=O) groups excluding carboxylic acids is 1. The summed E-state index contributed by atoms with van der Waals surface area (Å²) in [4.78, 5) is 15.0. The van der Waals surface area contributed by atoms with Gasteiger partial charge in [-0.15, -0.1) is 0 Å². The van der Waals surface area contributed by atoms with E-state index in [-0.39, 0.29) is 12.1 Å². The highest BCUT2D eigenvalue weighted by Gasteiger charge is 2.33. The van der Waals surface area contributed by atoms with Gasteiger partial charge < -0.3 is 15.0 Å². The van der Waals surface area contributed by atoms with Gasteiger partial charge in [0.15, 0.2) is 0 Å². The van der Waals surface area contributed by atoms with Gasteiger partial charge >= 0.3 is 0 Å². The Bertz CT molecular complexity index is 800. The number of nitrogens with zero attached hydrogens (tertiary/aromatic N) is 1. The van der Waals surface area contributed by atoms with Gasteiger partial charge in [0, 0.05) is 17.8 Å². The van der Waals surface area contributed by atoms with Crippen LogP contribution in [0.15, 0.2) is 60.7 Å². The van der Waals surface area contributed by atoms with E-state index in [1.165, 1.54) is 0 Å². The lowest BCUT2D eigenvalue weighted by Gasteiger charge is -2.38. The average molecular weight is 350 g/mol. The molecule has 0 radical (unpaired) electrons. The van der Waals surface area contributed by atoms with Crippen molar-refractivity contribution < 1.29 is 9.53 Å². The minimum atomic E-state index is -0.245. The van der Waals surface area contributed by atoms with Gasteiger partial charge in [0.1, 0.15) is 18.5 Å². The van der Waals surface area contributed by atoms with Gasteiger partial charge in [-0.2, -0.15) is 0 Å². The van der Waals surface area contributed by atoms with Crippen molar-refractivity contribution in [2.24, 2.45) is 0 Å². The summed E-state index contributed by atoms with van der Waals surface area (Å²) in [6, 6.07) is 15.6. The fourth-order valence-corrected chi connectivity index (χ4v) is 3.14. The molecule has 1 aliphatic rings. The molecule has 0 spiro atoms. The van der Waals surface area contributed by atoms with Crippen LogP contribution >= 0.6 is 0 Å². The third-order valence-electron chi connectivity index (χ3n) is 4.46. The first-order chi connectivity index (χ1) is 12.6. The molecule has 136 valence electrons. The Morgan fingerprint density at radius 2 is 1.92 bits per heavy atom. The zero-order valence-corrected chi connectivity index (χ0v) is 15.5. The van der Waals surface area contributed by atoms with E-state index >= 15 is 0 Å². The maximum Gasteiger partial charge on any atom is 0.257 e. The van der Waals surface area contributed by atoms with Crippen molar-refractivity contribution >= 4 is 11.6 Å². The summed E-state index contributed by atoms with van der Waals surface area (Å²) in [6.45, 7) is 9.14. The summed E-state index contributed by atoms with van der Waals surface area (Å²) < 4.78 is 5.95. The van der Waals surface area contributed by atoms with Crippen molar-refractivity contribution in [2.75, 3.05) is 18.5 Å². The smallest absolute Gasteiger partial charge is 0.257 e. The first kappa shape index (κ1) is 18.1. The van der Waals surface area contributed by atoms with E-state index in [4.69, 9.17) is 4.74 Å². The number of ether oxygens (including phenoxy) is 1. The lowest BCUT2D eigenvalue weighted by atomic mass is 10.0. The highest BCUT2D eigenvalue weighted by Crippen LogP contribution is 2.36. The second-order valence-electron chi connectivity index (χ2n) is 6.73. The molecule has 1 atom stereocenters. The quantitative estimate of drug-likeness (QED) is 0.714. The number of rotatable bonds is 7. The van der Waals surface area contributed by atoms with E-state index in [2.05, 4.69) is 18.8 Å². The van der Waals surface area contributed by atoms with E-state index in [0.717, 1.165) is 41.0 Å². The standard InChI is InChI=1S/C22H26N2O2/c1-4-5-14-24-21(23-19-12-8-6-10-17(19)22(24)25)18-11-7-9-13-20(18)26-15-16(2)3/h6-13,21,23H,2,4-5,14-15H2,1,3H3. The predicted molar refractivity (Wildman–Crippen MR) is 106 cm³/mol. The lowest BCUT2D eigenvalue weighted by molar-refractivity contribution is 0.0678. The SMILES string of the molecule is C=C(C)COc1ccccc1C1Nc2ccccc2C(=O)N1CCCC. The van der Waals surface area contributed by atoms with Crippen LogP contribution < -0.4 is 10.1 Å². The van der Waals surface area contributed by atoms with Crippen LogP contribution in [0.25, 0.3) is 0 Å². The molecule has 2 aromatic rings. The van der Waals surface area contributed by atoms with Gasteiger partial charge in [0.2, 0.25) is 0 Å². The minimum Gasteiger partial charge on any atom is -0.489 e. The zero-order valence-electron chi connectivity index (χ0n) is 15.5. The first-order valence-corrected chi connectivity index (χ1v) is 9.14. The maximum atomic E-state index is 13.1. The van der Waals surface area contributed by atoms with Crippen LogP contribution in [-0.2, 0) is 0 Å². The summed E-state index contributed by atoms with van der Waals surface area (Å²) in [5, 5.41) is 3.53. The number of anilines is 1. The normalized spacial score (nSPS) is 16.0. The average Bonchev–Trinajstić information content (AvgIpc) is 2.66. The molecule has 1 N–H and O–H groups in total. The van der Waals surface area contributed by atoms with Crippen LogP contribution in [0.5, 0.6) is 5.75 Å². The maximum absolute atomic E-state index is 13.1. The van der Waals surface area contributed by atoms with Crippen LogP contribution in [0.3, 0.4) is 0 Å². The Balaban J connectivity index is 1.99. The number of hydrogen-bond acceptors (Lipinski definition) is 3. The molecule has 0 aliphatic carbocycles. The lowest BCUT2D eigenvalue weighted by Crippen LogP contribution is -2.43. The second-order valence-corrected chi connectivity index (χ2v) is 6.73. The fourth-order valence-electron chi connectivity index (χ4n) is 3.14. The molecule has 4 heteroatoms. The summed E-state index contributed by atoms with van der Waals surface area (Å²) in [6.07, 6.45) is 1.75. The van der Waals surface area contributed by atoms with Crippen molar-refractivity contribution in [1.29, 1.82) is 0 Å². The Morgan fingerprint density at radius 1 is 1.19 bits per heavy atom. The van der Waals surface area contributed by atoms with Gasteiger partial charge in [-0.1, -0.05) is 50.3 Å². The zero-order chi connectivity index (χ0) is 18.5. The monoisotopic (exact) mass is 350 g/mol. The number of para-hydroxylation sites is 2. The van der Waals surface area contributed by atoms with E-state index < -0.39 is 0 Å². The molecule has 2 aromatic carbocycles. The van der Waals surface area contributed by atoms with E-state index in [1.54, 1.807) is 0 Å². The van der Waals surface area contributed by atoms with Crippen molar-refractivity contribution in [3.05, 3.63) is 71.8 Å². The van der Waals surface area contributed by atoms with Crippen LogP contribution in [0.2, 0.25) is 0 Å². The number of unbranched alkanes of at least 4 members (excludes halogenated alkanes) is 1. The molecule has 26 heavy (non-hydrogen) atoms. The van der Waals surface area contributed by atoms with Crippen LogP contribution in [0.4, 0.5) is 5.69 Å². The Kier molecular flexibility index (Phi) is 5.61. The molecular weight excluding hydrogens is 324 g/mol. The molecule has 0 saturated heterocycles. The highest BCUT2D eigenvalue weighted by molar-refractivity contribution is 6.01. The first-order valence-electron chi connectivity index (χ1n) is 9.14. The largest absolute Gasteiger partial charge is 0.489 e. The van der Waals surface area contributed by atoms with E-state index in [0.29, 0.717) is 13.2 Å². The Hall–Kier alpha value is -2.75. The fraction of sp³-hybridized carbons (Fsp3) is 0.318. The molecule has 0 bridgehead atoms. The molecule has 0 saturated carbocycles. The van der Waals surface area contributed by atoms with E-state index in [9.17, 15) is 4.79 Å². The van der Waals surface area contributed by atoms with Gasteiger partial charge in [-0.25, -0.2) is 0 Å². The summed E-state index contributed by atoms with van der Waals surface area (Å²) in [7, 11) is 0. The topological polar surface area (TPSA) is 41.6 Å².